The van der Waals surface area contributed by atoms with Gasteiger partial charge in [0.25, 0.3) is 0 Å². The minimum absolute atomic E-state index is 0. The van der Waals surface area contributed by atoms with Gasteiger partial charge in [0.2, 0.25) is 0 Å². The molecule has 0 bridgehead atoms. The zero-order valence-corrected chi connectivity index (χ0v) is 20.8. The fourth-order valence-corrected chi connectivity index (χ4v) is 3.74. The molecule has 1 aliphatic rings. The maximum atomic E-state index is 13.5. The van der Waals surface area contributed by atoms with Crippen LogP contribution >= 0.6 is 0 Å². The Morgan fingerprint density at radius 2 is 1.52 bits per heavy atom. The van der Waals surface area contributed by atoms with Gasteiger partial charge in [-0.3, -0.25) is 6.08 Å². The molecule has 1 aliphatic carbocycles. The molecule has 4 aromatic carbocycles. The number of hydrogen-bond acceptors (Lipinski definition) is 0. The van der Waals surface area contributed by atoms with Gasteiger partial charge in [0.15, 0.2) is 0 Å². The number of halogens is 3. The Bertz CT molecular complexity index is 1070. The summed E-state index contributed by atoms with van der Waals surface area (Å²) in [7, 11) is 0. The first-order valence-corrected chi connectivity index (χ1v) is 10.7. The summed E-state index contributed by atoms with van der Waals surface area (Å²) in [5.41, 5.74) is 1.81. The van der Waals surface area contributed by atoms with E-state index in [-0.39, 0.29) is 30.6 Å². The van der Waals surface area contributed by atoms with E-state index in [2.05, 4.69) is 54.6 Å². The second kappa shape index (κ2) is 14.9. The molecule has 0 heterocycles. The molecular weight excluding hydrogens is 505 g/mol. The Kier molecular flexibility index (Phi) is 13.0. The topological polar surface area (TPSA) is 0 Å². The summed E-state index contributed by atoms with van der Waals surface area (Å²) < 4.78 is 14.6. The van der Waals surface area contributed by atoms with E-state index in [1.165, 1.54) is 41.1 Å². The molecule has 31 heavy (non-hydrogen) atoms. The van der Waals surface area contributed by atoms with Crippen LogP contribution in [0, 0.1) is 11.9 Å². The fourth-order valence-electron chi connectivity index (χ4n) is 2.83. The Labute approximate surface area is 211 Å². The average Bonchev–Trinajstić information content (AvgIpc) is 3.50. The third-order valence-electron chi connectivity index (χ3n) is 4.34. The molecule has 0 N–H and O–H groups in total. The zero-order chi connectivity index (χ0) is 20.3. The van der Waals surface area contributed by atoms with Crippen molar-refractivity contribution in [1.82, 2.24) is 0 Å². The molecule has 0 aliphatic heterocycles. The second-order valence-electron chi connectivity index (χ2n) is 6.38. The number of allylic oxidation sites excluding steroid dienone is 4. The smallest absolute Gasteiger partial charge is 0.0809 e. The van der Waals surface area contributed by atoms with Gasteiger partial charge in [-0.1, -0.05) is 6.07 Å². The third-order valence-corrected chi connectivity index (χ3v) is 5.71. The largest absolute Gasteiger partial charge is 1.00 e. The summed E-state index contributed by atoms with van der Waals surface area (Å²) in [6.45, 7) is 0. The van der Waals surface area contributed by atoms with Gasteiger partial charge >= 0.3 is 103 Å². The van der Waals surface area contributed by atoms with Crippen molar-refractivity contribution < 1.29 is 53.4 Å². The summed E-state index contributed by atoms with van der Waals surface area (Å²) >= 11 is 1.23. The van der Waals surface area contributed by atoms with Gasteiger partial charge in [0.05, 0.1) is 0 Å². The first-order valence-electron chi connectivity index (χ1n) is 9.47. The molecule has 156 valence electrons. The van der Waals surface area contributed by atoms with Crippen LogP contribution < -0.4 is 24.8 Å². The van der Waals surface area contributed by atoms with Crippen LogP contribution in [0.15, 0.2) is 115 Å². The van der Waals surface area contributed by atoms with Gasteiger partial charge in [0, 0.05) is 0 Å². The van der Waals surface area contributed by atoms with E-state index < -0.39 is 0 Å². The monoisotopic (exact) mass is 524 g/mol. The van der Waals surface area contributed by atoms with Crippen molar-refractivity contribution in [3.8, 4) is 0 Å². The second-order valence-corrected chi connectivity index (χ2v) is 7.61. The Morgan fingerprint density at radius 3 is 2.13 bits per heavy atom. The number of rotatable bonds is 2. The van der Waals surface area contributed by atoms with Gasteiger partial charge in [-0.25, -0.2) is 12.2 Å². The summed E-state index contributed by atoms with van der Waals surface area (Å²) in [6.07, 6.45) is 10.0. The van der Waals surface area contributed by atoms with Crippen LogP contribution in [0.25, 0.3) is 10.8 Å². The molecule has 5 rings (SSSR count). The van der Waals surface area contributed by atoms with Crippen LogP contribution in [-0.2, 0) is 24.2 Å². The van der Waals surface area contributed by atoms with Crippen molar-refractivity contribution in [3.63, 3.8) is 0 Å². The SMILES string of the molecule is Fc1ccccc1[C](=[Zr+2])c1ccccc1.[C-]1=CC=CC1.[Cl-].[Cl-].c1ccc2[cH-]ccc2c1. The van der Waals surface area contributed by atoms with Gasteiger partial charge in [-0.15, -0.1) is 36.1 Å². The fraction of sp³-hybridized carbons (Fsp3) is 0.0370. The number of benzene rings is 3. The first kappa shape index (κ1) is 27.0. The van der Waals surface area contributed by atoms with Crippen molar-refractivity contribution >= 4 is 14.0 Å². The molecule has 0 atom stereocenters. The van der Waals surface area contributed by atoms with E-state index in [9.17, 15) is 4.39 Å². The molecule has 0 spiro atoms. The van der Waals surface area contributed by atoms with E-state index in [0.717, 1.165) is 15.2 Å². The van der Waals surface area contributed by atoms with Crippen molar-refractivity contribution in [2.24, 2.45) is 0 Å². The van der Waals surface area contributed by atoms with E-state index in [1.807, 2.05) is 54.6 Å². The Morgan fingerprint density at radius 1 is 0.839 bits per heavy atom. The first-order chi connectivity index (χ1) is 14.3. The predicted molar refractivity (Wildman–Crippen MR) is 117 cm³/mol. The summed E-state index contributed by atoms with van der Waals surface area (Å²) in [6, 6.07) is 31.5. The van der Waals surface area contributed by atoms with Crippen LogP contribution in [0.5, 0.6) is 0 Å². The number of hydrogen-bond donors (Lipinski definition) is 0. The molecule has 4 heteroatoms. The predicted octanol–water partition coefficient (Wildman–Crippen LogP) is 0.814. The minimum atomic E-state index is -0.145. The van der Waals surface area contributed by atoms with Crippen LogP contribution in [0.1, 0.15) is 17.5 Å². The van der Waals surface area contributed by atoms with Crippen molar-refractivity contribution in [3.05, 3.63) is 138 Å². The minimum Gasteiger partial charge on any atom is -1.00 e. The third kappa shape index (κ3) is 8.58. The molecule has 0 fully saturated rings. The molecular formula is C27H21Cl2FZr-2. The van der Waals surface area contributed by atoms with Crippen molar-refractivity contribution in [2.75, 3.05) is 0 Å². The van der Waals surface area contributed by atoms with Gasteiger partial charge < -0.3 is 24.8 Å². The molecule has 0 unspecified atom stereocenters. The zero-order valence-electron chi connectivity index (χ0n) is 16.8. The van der Waals surface area contributed by atoms with Crippen molar-refractivity contribution in [1.29, 1.82) is 0 Å². The number of fused-ring (bicyclic) bond motifs is 1. The average molecular weight is 527 g/mol. The van der Waals surface area contributed by atoms with Crippen LogP contribution in [-0.4, -0.2) is 3.21 Å². The molecule has 0 nitrogen and oxygen atoms in total. The molecule has 0 radical (unpaired) electrons. The van der Waals surface area contributed by atoms with E-state index in [1.54, 1.807) is 6.07 Å². The maximum Gasteiger partial charge on any atom is -0.0809 e. The summed E-state index contributed by atoms with van der Waals surface area (Å²) in [5, 5.41) is 2.66. The molecule has 0 saturated carbocycles. The van der Waals surface area contributed by atoms with Gasteiger partial charge in [-0.2, -0.15) is 23.6 Å². The molecule has 0 aromatic heterocycles. The maximum absolute atomic E-state index is 13.5. The van der Waals surface area contributed by atoms with Gasteiger partial charge in [0.1, 0.15) is 0 Å². The molecule has 4 aromatic rings. The summed E-state index contributed by atoms with van der Waals surface area (Å²) in [5.74, 6) is -0.145. The Balaban J connectivity index is 0.000000255. The van der Waals surface area contributed by atoms with Crippen LogP contribution in [0.3, 0.4) is 0 Å². The van der Waals surface area contributed by atoms with Gasteiger partial charge in [-0.05, 0) is 0 Å². The standard InChI is InChI=1S/C13H9F.C9H7.C5H5.2ClH.Zr/c14-13-9-5-4-8-12(13)10-11-6-2-1-3-7-11;1-2-5-9-7-3-6-8(9)4-1;1-2-4-5-3-1;;;/h1-9H;1-7H;1-3H,4H2;2*1H;/q;2*-1;;;+2/p-2. The molecule has 0 amide bonds. The van der Waals surface area contributed by atoms with Crippen LogP contribution in [0.4, 0.5) is 4.39 Å². The molecule has 0 saturated heterocycles. The van der Waals surface area contributed by atoms with E-state index in [0.29, 0.717) is 5.56 Å². The Hall–Kier alpha value is -1.99. The normalized spacial score (nSPS) is 10.7. The quantitative estimate of drug-likeness (QED) is 0.340. The van der Waals surface area contributed by atoms with Crippen LogP contribution in [0.2, 0.25) is 0 Å². The van der Waals surface area contributed by atoms with E-state index in [4.69, 9.17) is 0 Å². The van der Waals surface area contributed by atoms with E-state index >= 15 is 0 Å². The summed E-state index contributed by atoms with van der Waals surface area (Å²) in [4.78, 5) is 0. The van der Waals surface area contributed by atoms with Crippen molar-refractivity contribution in [2.45, 2.75) is 6.42 Å².